The van der Waals surface area contributed by atoms with Crippen molar-refractivity contribution < 1.29 is 14.3 Å². The van der Waals surface area contributed by atoms with E-state index in [1.54, 1.807) is 0 Å². The van der Waals surface area contributed by atoms with Gasteiger partial charge in [-0.3, -0.25) is 4.79 Å². The zero-order chi connectivity index (χ0) is 8.89. The highest BCUT2D eigenvalue weighted by Gasteiger charge is 2.65. The summed E-state index contributed by atoms with van der Waals surface area (Å²) in [4.78, 5) is 11.6. The van der Waals surface area contributed by atoms with E-state index < -0.39 is 0 Å². The minimum absolute atomic E-state index is 0.159. The van der Waals surface area contributed by atoms with Gasteiger partial charge >= 0.3 is 0 Å². The molecule has 0 aromatic carbocycles. The Balaban J connectivity index is 1.90. The molecule has 1 saturated heterocycles. The molecule has 3 aliphatic rings. The summed E-state index contributed by atoms with van der Waals surface area (Å²) in [5, 5.41) is 0. The molecule has 1 heterocycles. The van der Waals surface area contributed by atoms with Crippen LogP contribution in [0.4, 0.5) is 0 Å². The van der Waals surface area contributed by atoms with Crippen molar-refractivity contribution in [2.45, 2.75) is 37.4 Å². The Bertz CT molecular complexity index is 225. The molecule has 13 heavy (non-hydrogen) atoms. The van der Waals surface area contributed by atoms with Gasteiger partial charge in [0.15, 0.2) is 5.78 Å². The summed E-state index contributed by atoms with van der Waals surface area (Å²) < 4.78 is 11.3. The third kappa shape index (κ3) is 0.842. The van der Waals surface area contributed by atoms with Crippen LogP contribution in [0, 0.1) is 5.92 Å². The molecular weight excluding hydrogens is 168 g/mol. The number of ketones is 1. The molecule has 3 unspecified atom stereocenters. The van der Waals surface area contributed by atoms with Gasteiger partial charge in [0.2, 0.25) is 0 Å². The van der Waals surface area contributed by atoms with Gasteiger partial charge in [0, 0.05) is 0 Å². The number of carbonyl (C=O) groups is 1. The third-order valence-corrected chi connectivity index (χ3v) is 3.68. The van der Waals surface area contributed by atoms with E-state index in [1.165, 1.54) is 12.8 Å². The summed E-state index contributed by atoms with van der Waals surface area (Å²) in [5.74, 6) is 0.450. The van der Waals surface area contributed by atoms with E-state index >= 15 is 0 Å². The van der Waals surface area contributed by atoms with E-state index in [4.69, 9.17) is 9.47 Å². The van der Waals surface area contributed by atoms with Gasteiger partial charge in [0.1, 0.15) is 11.7 Å². The first-order valence-corrected chi connectivity index (χ1v) is 5.14. The third-order valence-electron chi connectivity index (χ3n) is 3.68. The topological polar surface area (TPSA) is 35.5 Å². The first-order valence-electron chi connectivity index (χ1n) is 5.14. The van der Waals surface area contributed by atoms with Crippen LogP contribution in [0.25, 0.3) is 0 Å². The SMILES string of the molecule is O=C1C2CCCCC23OCCOC13. The molecule has 72 valence electrons. The molecule has 0 radical (unpaired) electrons. The Hall–Kier alpha value is -0.410. The highest BCUT2D eigenvalue weighted by atomic mass is 16.6. The second-order valence-electron chi connectivity index (χ2n) is 4.25. The molecule has 3 rings (SSSR count). The maximum absolute atomic E-state index is 11.6. The first-order chi connectivity index (χ1) is 6.34. The largest absolute Gasteiger partial charge is 0.369 e. The fourth-order valence-corrected chi connectivity index (χ4v) is 3.06. The molecule has 1 aliphatic heterocycles. The predicted molar refractivity (Wildman–Crippen MR) is 45.4 cm³/mol. The van der Waals surface area contributed by atoms with Gasteiger partial charge in [-0.25, -0.2) is 0 Å². The second kappa shape index (κ2) is 2.55. The number of carbonyl (C=O) groups excluding carboxylic acids is 1. The number of rotatable bonds is 0. The standard InChI is InChI=1S/C10H14O3/c11-8-7-3-1-2-4-10(7)9(8)12-5-6-13-10/h7,9H,1-6H2. The highest BCUT2D eigenvalue weighted by Crippen LogP contribution is 2.51. The van der Waals surface area contributed by atoms with E-state index in [-0.39, 0.29) is 17.6 Å². The molecule has 3 atom stereocenters. The van der Waals surface area contributed by atoms with Crippen LogP contribution in [-0.2, 0) is 14.3 Å². The van der Waals surface area contributed by atoms with Crippen LogP contribution >= 0.6 is 0 Å². The van der Waals surface area contributed by atoms with Gasteiger partial charge in [-0.2, -0.15) is 0 Å². The van der Waals surface area contributed by atoms with Crippen LogP contribution in [0.1, 0.15) is 25.7 Å². The van der Waals surface area contributed by atoms with Crippen molar-refractivity contribution in [1.82, 2.24) is 0 Å². The van der Waals surface area contributed by atoms with E-state index in [0.717, 1.165) is 12.8 Å². The summed E-state index contributed by atoms with van der Waals surface area (Å²) >= 11 is 0. The molecule has 0 amide bonds. The fourth-order valence-electron chi connectivity index (χ4n) is 3.06. The number of hydrogen-bond donors (Lipinski definition) is 0. The predicted octanol–water partition coefficient (Wildman–Crippen LogP) is 0.913. The molecule has 0 aromatic heterocycles. The molecule has 3 heteroatoms. The number of ether oxygens (including phenoxy) is 2. The lowest BCUT2D eigenvalue weighted by molar-refractivity contribution is -0.267. The first kappa shape index (κ1) is 7.94. The lowest BCUT2D eigenvalue weighted by Crippen LogP contribution is -2.72. The van der Waals surface area contributed by atoms with E-state index in [9.17, 15) is 4.79 Å². The maximum atomic E-state index is 11.6. The van der Waals surface area contributed by atoms with Crippen molar-refractivity contribution in [2.75, 3.05) is 13.2 Å². The fraction of sp³-hybridized carbons (Fsp3) is 0.900. The Morgan fingerprint density at radius 3 is 3.15 bits per heavy atom. The molecule has 3 nitrogen and oxygen atoms in total. The maximum Gasteiger partial charge on any atom is 0.170 e. The van der Waals surface area contributed by atoms with Crippen molar-refractivity contribution in [3.8, 4) is 0 Å². The molecular formula is C10H14O3. The molecule has 2 saturated carbocycles. The number of Topliss-reactive ketones (excluding diaryl/α,β-unsaturated/α-hetero) is 1. The second-order valence-corrected chi connectivity index (χ2v) is 4.25. The van der Waals surface area contributed by atoms with Gasteiger partial charge in [0.05, 0.1) is 19.1 Å². The van der Waals surface area contributed by atoms with Gasteiger partial charge < -0.3 is 9.47 Å². The van der Waals surface area contributed by atoms with Crippen LogP contribution in [0.3, 0.4) is 0 Å². The molecule has 0 aromatic rings. The zero-order valence-corrected chi connectivity index (χ0v) is 7.62. The van der Waals surface area contributed by atoms with Gasteiger partial charge in [-0.15, -0.1) is 0 Å². The van der Waals surface area contributed by atoms with Gasteiger partial charge in [-0.1, -0.05) is 12.8 Å². The van der Waals surface area contributed by atoms with Crippen molar-refractivity contribution >= 4 is 5.78 Å². The van der Waals surface area contributed by atoms with Crippen LogP contribution in [0.5, 0.6) is 0 Å². The van der Waals surface area contributed by atoms with E-state index in [2.05, 4.69) is 0 Å². The molecule has 2 aliphatic carbocycles. The minimum Gasteiger partial charge on any atom is -0.369 e. The normalized spacial score (nSPS) is 49.1. The van der Waals surface area contributed by atoms with E-state index in [0.29, 0.717) is 19.0 Å². The van der Waals surface area contributed by atoms with Crippen LogP contribution in [0.2, 0.25) is 0 Å². The quantitative estimate of drug-likeness (QED) is 0.558. The Kier molecular flexibility index (Phi) is 1.56. The Morgan fingerprint density at radius 2 is 2.23 bits per heavy atom. The summed E-state index contributed by atoms with van der Waals surface area (Å²) in [6, 6.07) is 0. The zero-order valence-electron chi connectivity index (χ0n) is 7.62. The lowest BCUT2D eigenvalue weighted by atomic mass is 9.58. The van der Waals surface area contributed by atoms with Crippen molar-refractivity contribution in [3.63, 3.8) is 0 Å². The van der Waals surface area contributed by atoms with Crippen LogP contribution < -0.4 is 0 Å². The molecule has 1 spiro atoms. The summed E-state index contributed by atoms with van der Waals surface area (Å²) in [5.41, 5.74) is -0.187. The average Bonchev–Trinajstić information content (AvgIpc) is 2.17. The summed E-state index contributed by atoms with van der Waals surface area (Å²) in [6.07, 6.45) is 4.18. The molecule has 0 bridgehead atoms. The Morgan fingerprint density at radius 1 is 1.31 bits per heavy atom. The van der Waals surface area contributed by atoms with Crippen molar-refractivity contribution in [2.24, 2.45) is 5.92 Å². The van der Waals surface area contributed by atoms with Gasteiger partial charge in [-0.05, 0) is 12.8 Å². The van der Waals surface area contributed by atoms with E-state index in [1.807, 2.05) is 0 Å². The smallest absolute Gasteiger partial charge is 0.170 e. The van der Waals surface area contributed by atoms with Crippen LogP contribution in [0.15, 0.2) is 0 Å². The summed E-state index contributed by atoms with van der Waals surface area (Å²) in [6.45, 7) is 1.26. The van der Waals surface area contributed by atoms with Crippen LogP contribution in [-0.4, -0.2) is 30.7 Å². The lowest BCUT2D eigenvalue weighted by Gasteiger charge is -2.57. The minimum atomic E-state index is -0.216. The van der Waals surface area contributed by atoms with Crippen molar-refractivity contribution in [1.29, 1.82) is 0 Å². The average molecular weight is 182 g/mol. The Labute approximate surface area is 77.4 Å². The van der Waals surface area contributed by atoms with Crippen molar-refractivity contribution in [3.05, 3.63) is 0 Å². The molecule has 3 fully saturated rings. The van der Waals surface area contributed by atoms with Gasteiger partial charge in [0.25, 0.3) is 0 Å². The monoisotopic (exact) mass is 182 g/mol. The highest BCUT2D eigenvalue weighted by molar-refractivity contribution is 5.95. The molecule has 0 N–H and O–H groups in total. The number of hydrogen-bond acceptors (Lipinski definition) is 3. The summed E-state index contributed by atoms with van der Waals surface area (Å²) in [7, 11) is 0.